The van der Waals surface area contributed by atoms with Crippen molar-refractivity contribution in [1.82, 2.24) is 0 Å². The Balaban J connectivity index is 1.50. The minimum Gasteiger partial charge on any atom is -0.379 e. The van der Waals surface area contributed by atoms with Crippen LogP contribution >= 0.6 is 0 Å². The van der Waals surface area contributed by atoms with Gasteiger partial charge in [0.2, 0.25) is 0 Å². The Bertz CT molecular complexity index is 2180. The summed E-state index contributed by atoms with van der Waals surface area (Å²) in [6.07, 6.45) is 0. The van der Waals surface area contributed by atoms with Crippen molar-refractivity contribution < 1.29 is 25.2 Å². The number of rotatable bonds is 8. The smallest absolute Gasteiger partial charge is 0.339 e. The Morgan fingerprint density at radius 1 is 0.404 bits per heavy atom. The van der Waals surface area contributed by atoms with Crippen molar-refractivity contribution in [2.75, 3.05) is 0 Å². The second kappa shape index (κ2) is 11.6. The van der Waals surface area contributed by atoms with Crippen LogP contribution in [0.1, 0.15) is 33.4 Å². The zero-order valence-corrected chi connectivity index (χ0v) is 27.3. The maximum Gasteiger partial charge on any atom is 0.339 e. The number of hydrogen-bond acceptors (Lipinski definition) is 6. The first-order chi connectivity index (χ1) is 22.6. The van der Waals surface area contributed by atoms with Crippen molar-refractivity contribution in [1.29, 1.82) is 0 Å². The quantitative estimate of drug-likeness (QED) is 0.153. The predicted molar refractivity (Wildman–Crippen MR) is 182 cm³/mol. The lowest BCUT2D eigenvalue weighted by Crippen LogP contribution is -2.31. The summed E-state index contributed by atoms with van der Waals surface area (Å²) >= 11 is 0. The molecular weight excluding hydrogens is 629 g/mol. The number of para-hydroxylation sites is 2. The summed E-state index contributed by atoms with van der Waals surface area (Å²) in [6, 6.07) is 42.6. The predicted octanol–water partition coefficient (Wildman–Crippen LogP) is 8.20. The van der Waals surface area contributed by atoms with E-state index < -0.39 is 25.7 Å². The van der Waals surface area contributed by atoms with Crippen LogP contribution in [0.2, 0.25) is 0 Å². The van der Waals surface area contributed by atoms with Crippen LogP contribution in [0.5, 0.6) is 11.5 Å². The molecule has 47 heavy (non-hydrogen) atoms. The molecule has 0 aromatic heterocycles. The molecule has 0 N–H and O–H groups in total. The molecule has 0 unspecified atom stereocenters. The molecule has 0 fully saturated rings. The minimum atomic E-state index is -4.25. The first-order valence-corrected chi connectivity index (χ1v) is 17.8. The lowest BCUT2D eigenvalue weighted by Gasteiger charge is -2.35. The fourth-order valence-electron chi connectivity index (χ4n) is 6.40. The first kappa shape index (κ1) is 30.5. The third kappa shape index (κ3) is 5.19. The van der Waals surface area contributed by atoms with E-state index >= 15 is 0 Å². The highest BCUT2D eigenvalue weighted by molar-refractivity contribution is 7.87. The Hall–Kier alpha value is -5.18. The monoisotopic (exact) mass is 658 g/mol. The van der Waals surface area contributed by atoms with Crippen LogP contribution in [-0.4, -0.2) is 16.8 Å². The van der Waals surface area contributed by atoms with E-state index in [2.05, 4.69) is 0 Å². The van der Waals surface area contributed by atoms with Crippen molar-refractivity contribution in [3.05, 3.63) is 179 Å². The Kier molecular flexibility index (Phi) is 7.50. The molecule has 0 radical (unpaired) electrons. The van der Waals surface area contributed by atoms with E-state index in [1.807, 2.05) is 86.6 Å². The van der Waals surface area contributed by atoms with Gasteiger partial charge in [-0.3, -0.25) is 0 Å². The van der Waals surface area contributed by atoms with Crippen molar-refractivity contribution in [2.45, 2.75) is 29.1 Å². The number of hydrogen-bond donors (Lipinski definition) is 0. The van der Waals surface area contributed by atoms with Gasteiger partial charge in [-0.1, -0.05) is 120 Å². The molecule has 1 aliphatic rings. The van der Waals surface area contributed by atoms with Crippen molar-refractivity contribution in [3.8, 4) is 22.6 Å². The zero-order chi connectivity index (χ0) is 32.8. The summed E-state index contributed by atoms with van der Waals surface area (Å²) in [4.78, 5) is 0.0409. The molecule has 8 heteroatoms. The van der Waals surface area contributed by atoms with Gasteiger partial charge in [0.1, 0.15) is 21.3 Å². The third-order valence-corrected chi connectivity index (χ3v) is 11.0. The second-order valence-corrected chi connectivity index (χ2v) is 14.6. The molecule has 0 bridgehead atoms. The highest BCUT2D eigenvalue weighted by Crippen LogP contribution is 2.59. The molecular formula is C39H30O6S2. The van der Waals surface area contributed by atoms with Gasteiger partial charge in [-0.05, 0) is 72.5 Å². The molecule has 0 heterocycles. The van der Waals surface area contributed by atoms with E-state index in [4.69, 9.17) is 8.37 Å². The van der Waals surface area contributed by atoms with E-state index in [9.17, 15) is 16.8 Å². The molecule has 0 spiro atoms. The van der Waals surface area contributed by atoms with Crippen LogP contribution in [0.3, 0.4) is 0 Å². The topological polar surface area (TPSA) is 86.7 Å². The molecule has 0 saturated carbocycles. The van der Waals surface area contributed by atoms with Crippen LogP contribution in [-0.2, 0) is 25.7 Å². The SMILES string of the molecule is Cc1ccc(S(=O)(=O)Oc2ccccc2C2(c3ccccc3OS(=O)(=O)c3ccc(C)cc3)c3ccccc3-c3ccccc32)cc1. The second-order valence-electron chi connectivity index (χ2n) is 11.5. The van der Waals surface area contributed by atoms with Gasteiger partial charge in [-0.25, -0.2) is 0 Å². The van der Waals surface area contributed by atoms with Gasteiger partial charge < -0.3 is 8.37 Å². The Morgan fingerprint density at radius 3 is 1.11 bits per heavy atom. The van der Waals surface area contributed by atoms with Crippen molar-refractivity contribution >= 4 is 20.2 Å². The molecule has 7 rings (SSSR count). The molecule has 0 aliphatic heterocycles. The van der Waals surface area contributed by atoms with Crippen LogP contribution in [0.4, 0.5) is 0 Å². The normalized spacial score (nSPS) is 13.4. The summed E-state index contributed by atoms with van der Waals surface area (Å²) < 4.78 is 66.8. The Labute approximate surface area is 275 Å². The van der Waals surface area contributed by atoms with E-state index in [0.29, 0.717) is 11.1 Å². The molecule has 0 amide bonds. The third-order valence-electron chi connectivity index (χ3n) is 8.55. The zero-order valence-electron chi connectivity index (χ0n) is 25.6. The maximum absolute atomic E-state index is 13.7. The molecule has 1 aliphatic carbocycles. The molecule has 0 saturated heterocycles. The molecule has 6 aromatic rings. The fourth-order valence-corrected chi connectivity index (χ4v) is 8.30. The standard InChI is InChI=1S/C39H30O6S2/c1-27-19-23-29(24-20-27)46(40,41)44-37-17-9-7-15-35(37)39(33-13-5-3-11-31(33)32-12-4-6-14-34(32)39)36-16-8-10-18-38(36)45-47(42,43)30-25-21-28(2)22-26-30/h3-26H,1-2H3. The van der Waals surface area contributed by atoms with Crippen LogP contribution in [0, 0.1) is 13.8 Å². The van der Waals surface area contributed by atoms with Gasteiger partial charge in [0, 0.05) is 11.1 Å². The number of aryl methyl sites for hydroxylation is 2. The molecule has 6 nitrogen and oxygen atoms in total. The van der Waals surface area contributed by atoms with E-state index in [1.54, 1.807) is 48.5 Å². The summed E-state index contributed by atoms with van der Waals surface area (Å²) in [6.45, 7) is 3.76. The maximum atomic E-state index is 13.7. The lowest BCUT2D eigenvalue weighted by molar-refractivity contribution is 0.474. The van der Waals surface area contributed by atoms with E-state index in [1.165, 1.54) is 24.3 Å². The number of benzene rings is 6. The average molecular weight is 659 g/mol. The van der Waals surface area contributed by atoms with Gasteiger partial charge in [0.05, 0.1) is 5.41 Å². The van der Waals surface area contributed by atoms with Crippen LogP contribution in [0.15, 0.2) is 155 Å². The van der Waals surface area contributed by atoms with Crippen LogP contribution < -0.4 is 8.37 Å². The first-order valence-electron chi connectivity index (χ1n) is 15.0. The average Bonchev–Trinajstić information content (AvgIpc) is 3.36. The molecule has 6 aromatic carbocycles. The summed E-state index contributed by atoms with van der Waals surface area (Å²) in [5.74, 6) is 0.214. The lowest BCUT2D eigenvalue weighted by atomic mass is 9.67. The van der Waals surface area contributed by atoms with E-state index in [-0.39, 0.29) is 21.3 Å². The van der Waals surface area contributed by atoms with E-state index in [0.717, 1.165) is 33.4 Å². The summed E-state index contributed by atoms with van der Waals surface area (Å²) in [7, 11) is -8.50. The largest absolute Gasteiger partial charge is 0.379 e. The van der Waals surface area contributed by atoms with Gasteiger partial charge in [-0.2, -0.15) is 16.8 Å². The van der Waals surface area contributed by atoms with Crippen molar-refractivity contribution in [2.24, 2.45) is 0 Å². The minimum absolute atomic E-state index is 0.0205. The van der Waals surface area contributed by atoms with Gasteiger partial charge in [0.25, 0.3) is 0 Å². The number of fused-ring (bicyclic) bond motifs is 3. The van der Waals surface area contributed by atoms with Gasteiger partial charge in [-0.15, -0.1) is 0 Å². The summed E-state index contributed by atoms with van der Waals surface area (Å²) in [5.41, 5.74) is 5.13. The van der Waals surface area contributed by atoms with Gasteiger partial charge >= 0.3 is 20.2 Å². The highest BCUT2D eigenvalue weighted by atomic mass is 32.2. The molecule has 234 valence electrons. The molecule has 0 atom stereocenters. The van der Waals surface area contributed by atoms with Crippen molar-refractivity contribution in [3.63, 3.8) is 0 Å². The summed E-state index contributed by atoms with van der Waals surface area (Å²) in [5, 5.41) is 0. The van der Waals surface area contributed by atoms with Gasteiger partial charge in [0.15, 0.2) is 0 Å². The highest BCUT2D eigenvalue weighted by Gasteiger charge is 2.49. The van der Waals surface area contributed by atoms with Crippen LogP contribution in [0.25, 0.3) is 11.1 Å². The fraction of sp³-hybridized carbons (Fsp3) is 0.0769. The Morgan fingerprint density at radius 2 is 0.723 bits per heavy atom.